The van der Waals surface area contributed by atoms with E-state index in [2.05, 4.69) is 0 Å². The highest BCUT2D eigenvalue weighted by molar-refractivity contribution is 7.85. The Morgan fingerprint density at radius 2 is 1.78 bits per heavy atom. The monoisotopic (exact) mass is 154 g/mol. The minimum absolute atomic E-state index is 0.625. The van der Waals surface area contributed by atoms with Gasteiger partial charge in [0.25, 0.3) is 10.1 Å². The lowest BCUT2D eigenvalue weighted by molar-refractivity contribution is 0.103. The van der Waals surface area contributed by atoms with E-state index in [0.29, 0.717) is 0 Å². The average Bonchev–Trinajstić information content (AvgIpc) is 1.14. The van der Waals surface area contributed by atoms with E-state index < -0.39 is 21.5 Å². The standard InChI is InChI=1S/C4H10O4S/c1-4(2,5)3-9(6,7)8/h5H,3H2,1-2H3,(H,6,7,8). The van der Waals surface area contributed by atoms with Crippen LogP contribution >= 0.6 is 0 Å². The van der Waals surface area contributed by atoms with Gasteiger partial charge in [-0.3, -0.25) is 4.55 Å². The highest BCUT2D eigenvalue weighted by Gasteiger charge is 2.20. The third kappa shape index (κ3) is 7.87. The lowest BCUT2D eigenvalue weighted by Gasteiger charge is -2.13. The normalized spacial score (nSPS) is 13.8. The Morgan fingerprint density at radius 3 is 1.78 bits per heavy atom. The van der Waals surface area contributed by atoms with Gasteiger partial charge in [-0.15, -0.1) is 0 Å². The first kappa shape index (κ1) is 8.87. The quantitative estimate of drug-likeness (QED) is 0.533. The number of hydrogen-bond donors (Lipinski definition) is 2. The van der Waals surface area contributed by atoms with Crippen LogP contribution in [0.15, 0.2) is 0 Å². The Kier molecular flexibility index (Phi) is 2.21. The second kappa shape index (κ2) is 2.24. The maximum absolute atomic E-state index is 10.0. The van der Waals surface area contributed by atoms with Crippen molar-refractivity contribution < 1.29 is 18.1 Å². The van der Waals surface area contributed by atoms with E-state index in [-0.39, 0.29) is 0 Å². The van der Waals surface area contributed by atoms with Crippen LogP contribution < -0.4 is 0 Å². The minimum atomic E-state index is -4.03. The van der Waals surface area contributed by atoms with Crippen LogP contribution in [-0.2, 0) is 10.1 Å². The minimum Gasteiger partial charge on any atom is -0.389 e. The molecule has 0 aliphatic heterocycles. The van der Waals surface area contributed by atoms with Gasteiger partial charge in [-0.05, 0) is 13.8 Å². The van der Waals surface area contributed by atoms with Gasteiger partial charge in [0.1, 0.15) is 5.75 Å². The Labute approximate surface area is 54.3 Å². The van der Waals surface area contributed by atoms with Crippen molar-refractivity contribution in [3.05, 3.63) is 0 Å². The average molecular weight is 154 g/mol. The summed E-state index contributed by atoms with van der Waals surface area (Å²) in [6.07, 6.45) is 0. The molecule has 0 fully saturated rings. The largest absolute Gasteiger partial charge is 0.389 e. The summed E-state index contributed by atoms with van der Waals surface area (Å²) >= 11 is 0. The van der Waals surface area contributed by atoms with Gasteiger partial charge in [-0.25, -0.2) is 0 Å². The zero-order chi connectivity index (χ0) is 7.71. The molecule has 56 valence electrons. The third-order valence-corrected chi connectivity index (χ3v) is 1.61. The molecule has 0 rings (SSSR count). The summed E-state index contributed by atoms with van der Waals surface area (Å²) in [4.78, 5) is 0. The van der Waals surface area contributed by atoms with E-state index in [1.165, 1.54) is 13.8 Å². The van der Waals surface area contributed by atoms with E-state index >= 15 is 0 Å². The summed E-state index contributed by atoms with van der Waals surface area (Å²) < 4.78 is 28.3. The van der Waals surface area contributed by atoms with Crippen LogP contribution in [-0.4, -0.2) is 29.4 Å². The Hall–Kier alpha value is -0.130. The zero-order valence-corrected chi connectivity index (χ0v) is 6.14. The van der Waals surface area contributed by atoms with Crippen molar-refractivity contribution in [3.63, 3.8) is 0 Å². The molecule has 9 heavy (non-hydrogen) atoms. The van der Waals surface area contributed by atoms with Gasteiger partial charge in [0.2, 0.25) is 0 Å². The Morgan fingerprint density at radius 1 is 1.44 bits per heavy atom. The molecule has 0 saturated heterocycles. The summed E-state index contributed by atoms with van der Waals surface area (Å²) in [7, 11) is -4.03. The number of hydrogen-bond acceptors (Lipinski definition) is 3. The van der Waals surface area contributed by atoms with Gasteiger partial charge < -0.3 is 5.11 Å². The highest BCUT2D eigenvalue weighted by atomic mass is 32.2. The van der Waals surface area contributed by atoms with Crippen LogP contribution in [0, 0.1) is 0 Å². The molecule has 0 aromatic carbocycles. The molecule has 0 spiro atoms. The molecule has 0 heterocycles. The predicted octanol–water partition coefficient (Wildman–Crippen LogP) is -0.355. The zero-order valence-electron chi connectivity index (χ0n) is 5.33. The fourth-order valence-electron chi connectivity index (χ4n) is 0.446. The second-order valence-corrected chi connectivity index (χ2v) is 3.99. The Bertz CT molecular complexity index is 173. The molecule has 4 nitrogen and oxygen atoms in total. The van der Waals surface area contributed by atoms with Crippen molar-refractivity contribution in [3.8, 4) is 0 Å². The lowest BCUT2D eigenvalue weighted by Crippen LogP contribution is -2.29. The van der Waals surface area contributed by atoms with Crippen LogP contribution in [0.1, 0.15) is 13.8 Å². The van der Waals surface area contributed by atoms with Crippen molar-refractivity contribution >= 4 is 10.1 Å². The molecule has 0 aliphatic rings. The SMILES string of the molecule is CC(C)(O)CS(=O)(=O)O. The van der Waals surface area contributed by atoms with E-state index in [9.17, 15) is 8.42 Å². The van der Waals surface area contributed by atoms with Crippen molar-refractivity contribution in [2.24, 2.45) is 0 Å². The first-order valence-corrected chi connectivity index (χ1v) is 3.99. The van der Waals surface area contributed by atoms with Crippen LogP contribution in [0.5, 0.6) is 0 Å². The van der Waals surface area contributed by atoms with E-state index in [0.717, 1.165) is 0 Å². The molecule has 5 heteroatoms. The summed E-state index contributed by atoms with van der Waals surface area (Å²) in [5.74, 6) is -0.625. The fourth-order valence-corrected chi connectivity index (χ4v) is 1.34. The molecule has 2 N–H and O–H groups in total. The second-order valence-electron chi connectivity index (χ2n) is 2.54. The van der Waals surface area contributed by atoms with Gasteiger partial charge >= 0.3 is 0 Å². The molecular formula is C4H10O4S. The van der Waals surface area contributed by atoms with Gasteiger partial charge in [0.05, 0.1) is 5.60 Å². The smallest absolute Gasteiger partial charge is 0.267 e. The molecule has 0 amide bonds. The molecule has 0 atom stereocenters. The number of rotatable bonds is 2. The molecule has 0 saturated carbocycles. The van der Waals surface area contributed by atoms with Crippen LogP contribution in [0.25, 0.3) is 0 Å². The topological polar surface area (TPSA) is 74.6 Å². The summed E-state index contributed by atoms with van der Waals surface area (Å²) in [6, 6.07) is 0. The van der Waals surface area contributed by atoms with Crippen molar-refractivity contribution in [1.29, 1.82) is 0 Å². The van der Waals surface area contributed by atoms with Crippen molar-refractivity contribution in [1.82, 2.24) is 0 Å². The summed E-state index contributed by atoms with van der Waals surface area (Å²) in [6.45, 7) is 2.61. The summed E-state index contributed by atoms with van der Waals surface area (Å²) in [5, 5.41) is 8.81. The Balaban J connectivity index is 4.07. The molecule has 0 unspecified atom stereocenters. The first-order chi connectivity index (χ1) is 3.71. The van der Waals surface area contributed by atoms with Gasteiger partial charge in [-0.2, -0.15) is 8.42 Å². The predicted molar refractivity (Wildman–Crippen MR) is 32.7 cm³/mol. The van der Waals surface area contributed by atoms with Crippen molar-refractivity contribution in [2.75, 3.05) is 5.75 Å². The maximum atomic E-state index is 10.0. The van der Waals surface area contributed by atoms with Gasteiger partial charge in [0, 0.05) is 0 Å². The highest BCUT2D eigenvalue weighted by Crippen LogP contribution is 2.03. The molecule has 0 bridgehead atoms. The van der Waals surface area contributed by atoms with E-state index in [4.69, 9.17) is 9.66 Å². The van der Waals surface area contributed by atoms with E-state index in [1.54, 1.807) is 0 Å². The van der Waals surface area contributed by atoms with Crippen LogP contribution in [0.3, 0.4) is 0 Å². The van der Waals surface area contributed by atoms with E-state index in [1.807, 2.05) is 0 Å². The van der Waals surface area contributed by atoms with Crippen molar-refractivity contribution in [2.45, 2.75) is 19.4 Å². The van der Waals surface area contributed by atoms with Crippen LogP contribution in [0.2, 0.25) is 0 Å². The summed E-state index contributed by atoms with van der Waals surface area (Å²) in [5.41, 5.74) is -1.35. The fraction of sp³-hybridized carbons (Fsp3) is 1.00. The van der Waals surface area contributed by atoms with Gasteiger partial charge in [-0.1, -0.05) is 0 Å². The van der Waals surface area contributed by atoms with Gasteiger partial charge in [0.15, 0.2) is 0 Å². The third-order valence-electron chi connectivity index (χ3n) is 0.536. The lowest BCUT2D eigenvalue weighted by atomic mass is 10.2. The number of aliphatic hydroxyl groups is 1. The first-order valence-electron chi connectivity index (χ1n) is 2.38. The molecular weight excluding hydrogens is 144 g/mol. The molecule has 0 radical (unpaired) electrons. The molecule has 0 aliphatic carbocycles. The molecule has 0 aromatic heterocycles. The molecule has 0 aromatic rings. The van der Waals surface area contributed by atoms with Crippen LogP contribution in [0.4, 0.5) is 0 Å². The maximum Gasteiger partial charge on any atom is 0.267 e.